The fourth-order valence-corrected chi connectivity index (χ4v) is 2.69. The maximum atomic E-state index is 12.6. The van der Waals surface area contributed by atoms with Gasteiger partial charge in [0, 0.05) is 17.2 Å². The molecule has 1 aromatic heterocycles. The maximum absolute atomic E-state index is 12.6. The van der Waals surface area contributed by atoms with Crippen LogP contribution in [0.1, 0.15) is 56.2 Å². The molecule has 2 rings (SSSR count). The van der Waals surface area contributed by atoms with Crippen LogP contribution < -0.4 is 5.32 Å². The number of hydrogen-bond acceptors (Lipinski definition) is 7. The lowest BCUT2D eigenvalue weighted by Gasteiger charge is -2.08. The second-order valence-electron chi connectivity index (χ2n) is 5.67. The third kappa shape index (κ3) is 3.86. The summed E-state index contributed by atoms with van der Waals surface area (Å²) in [5.41, 5.74) is -0.184. The Kier molecular flexibility index (Phi) is 5.74. The van der Waals surface area contributed by atoms with Gasteiger partial charge in [-0.1, -0.05) is 6.07 Å². The number of anilines is 1. The Labute approximate surface area is 154 Å². The Morgan fingerprint density at radius 1 is 1.22 bits per heavy atom. The minimum Gasteiger partial charge on any atom is -0.462 e. The van der Waals surface area contributed by atoms with Gasteiger partial charge in [0.15, 0.2) is 5.78 Å². The molecule has 0 atom stereocenters. The van der Waals surface area contributed by atoms with Crippen molar-refractivity contribution in [3.8, 4) is 0 Å². The van der Waals surface area contributed by atoms with E-state index in [1.54, 1.807) is 6.92 Å². The third-order valence-corrected chi connectivity index (χ3v) is 3.89. The van der Waals surface area contributed by atoms with Crippen LogP contribution in [0.15, 0.2) is 22.6 Å². The zero-order valence-corrected chi connectivity index (χ0v) is 15.2. The Morgan fingerprint density at radius 2 is 1.89 bits per heavy atom. The smallest absolute Gasteiger partial charge is 0.344 e. The van der Waals surface area contributed by atoms with Crippen molar-refractivity contribution < 1.29 is 28.5 Å². The fraction of sp³-hybridized carbons (Fsp3) is 0.278. The number of nitrogens with zero attached hydrogens (tertiary/aromatic N) is 1. The van der Waals surface area contributed by atoms with Crippen molar-refractivity contribution in [1.82, 2.24) is 0 Å². The second-order valence-corrected chi connectivity index (χ2v) is 5.67. The van der Waals surface area contributed by atoms with Crippen molar-refractivity contribution in [2.75, 3.05) is 11.9 Å². The summed E-state index contributed by atoms with van der Waals surface area (Å²) in [6.45, 7) is 5.85. The third-order valence-electron chi connectivity index (χ3n) is 3.89. The van der Waals surface area contributed by atoms with Gasteiger partial charge in [0.1, 0.15) is 11.3 Å². The van der Waals surface area contributed by atoms with Crippen LogP contribution in [0, 0.1) is 24.0 Å². The number of carbonyl (C=O) groups excluding carboxylic acids is 3. The predicted octanol–water partition coefficient (Wildman–Crippen LogP) is 3.44. The highest BCUT2D eigenvalue weighted by Gasteiger charge is 2.29. The Bertz CT molecular complexity index is 943. The van der Waals surface area contributed by atoms with Crippen LogP contribution in [0.3, 0.4) is 0 Å². The number of Topliss-reactive ketones (excluding diaryl/α,β-unsaturated/α-hetero) is 1. The second kappa shape index (κ2) is 7.81. The zero-order valence-electron chi connectivity index (χ0n) is 15.2. The van der Waals surface area contributed by atoms with E-state index in [1.165, 1.54) is 39.0 Å². The maximum Gasteiger partial charge on any atom is 0.344 e. The van der Waals surface area contributed by atoms with Crippen molar-refractivity contribution in [3.05, 3.63) is 56.3 Å². The molecule has 0 saturated heterocycles. The SMILES string of the molecule is CCOC(=O)c1c(NC(=O)c2cccc([N+](=O)[O-])c2C)oc(C)c1C(C)=O. The molecule has 9 nitrogen and oxygen atoms in total. The molecule has 0 bridgehead atoms. The van der Waals surface area contributed by atoms with E-state index in [9.17, 15) is 24.5 Å². The van der Waals surface area contributed by atoms with E-state index in [0.717, 1.165) is 0 Å². The Morgan fingerprint density at radius 3 is 2.44 bits per heavy atom. The molecule has 1 heterocycles. The Hall–Kier alpha value is -3.49. The van der Waals surface area contributed by atoms with Crippen LogP contribution in [0.5, 0.6) is 0 Å². The lowest BCUT2D eigenvalue weighted by molar-refractivity contribution is -0.385. The molecule has 0 unspecified atom stereocenters. The van der Waals surface area contributed by atoms with Crippen molar-refractivity contribution >= 4 is 29.2 Å². The number of ketones is 1. The van der Waals surface area contributed by atoms with E-state index in [-0.39, 0.29) is 46.2 Å². The molecule has 1 amide bonds. The summed E-state index contributed by atoms with van der Waals surface area (Å²) >= 11 is 0. The van der Waals surface area contributed by atoms with Crippen molar-refractivity contribution in [3.63, 3.8) is 0 Å². The largest absolute Gasteiger partial charge is 0.462 e. The van der Waals surface area contributed by atoms with Gasteiger partial charge in [0.25, 0.3) is 11.6 Å². The number of hydrogen-bond donors (Lipinski definition) is 1. The summed E-state index contributed by atoms with van der Waals surface area (Å²) in [6, 6.07) is 4.06. The minimum atomic E-state index is -0.814. The predicted molar refractivity (Wildman–Crippen MR) is 95.2 cm³/mol. The van der Waals surface area contributed by atoms with Gasteiger partial charge in [0.2, 0.25) is 5.88 Å². The summed E-state index contributed by atoms with van der Waals surface area (Å²) in [6.07, 6.45) is 0. The van der Waals surface area contributed by atoms with Crippen molar-refractivity contribution in [2.24, 2.45) is 0 Å². The van der Waals surface area contributed by atoms with E-state index in [0.29, 0.717) is 0 Å². The van der Waals surface area contributed by atoms with Gasteiger partial charge in [-0.05, 0) is 33.8 Å². The van der Waals surface area contributed by atoms with E-state index in [1.807, 2.05) is 0 Å². The number of esters is 1. The number of nitro benzene ring substituents is 1. The number of nitrogens with one attached hydrogen (secondary N) is 1. The summed E-state index contributed by atoms with van der Waals surface area (Å²) in [4.78, 5) is 47.2. The van der Waals surface area contributed by atoms with Gasteiger partial charge < -0.3 is 9.15 Å². The lowest BCUT2D eigenvalue weighted by atomic mass is 10.1. The molecule has 27 heavy (non-hydrogen) atoms. The van der Waals surface area contributed by atoms with Gasteiger partial charge in [-0.3, -0.25) is 25.0 Å². The van der Waals surface area contributed by atoms with Gasteiger partial charge in [-0.2, -0.15) is 0 Å². The van der Waals surface area contributed by atoms with Crippen LogP contribution in [0.2, 0.25) is 0 Å². The molecule has 0 aliphatic heterocycles. The first-order valence-corrected chi connectivity index (χ1v) is 8.05. The standard InChI is InChI=1S/C18H18N2O7/c1-5-26-18(23)15-14(10(3)21)11(4)27-17(15)19-16(22)12-7-6-8-13(9(12)2)20(24)25/h6-8H,5H2,1-4H3,(H,19,22). The number of ether oxygens (including phenoxy) is 1. The summed E-state index contributed by atoms with van der Waals surface area (Å²) in [5.74, 6) is -2.05. The van der Waals surface area contributed by atoms with Crippen LogP contribution in [0.25, 0.3) is 0 Å². The molecule has 0 spiro atoms. The number of amides is 1. The number of carbonyl (C=O) groups is 3. The van der Waals surface area contributed by atoms with Gasteiger partial charge in [-0.25, -0.2) is 4.79 Å². The van der Waals surface area contributed by atoms with Gasteiger partial charge in [0.05, 0.1) is 17.1 Å². The fourth-order valence-electron chi connectivity index (χ4n) is 2.69. The lowest BCUT2D eigenvalue weighted by Crippen LogP contribution is -2.17. The molecule has 0 aliphatic carbocycles. The molecule has 0 radical (unpaired) electrons. The number of benzene rings is 1. The van der Waals surface area contributed by atoms with Crippen LogP contribution in [0.4, 0.5) is 11.6 Å². The topological polar surface area (TPSA) is 129 Å². The summed E-state index contributed by atoms with van der Waals surface area (Å²) in [5, 5.41) is 13.5. The molecular formula is C18H18N2O7. The number of rotatable bonds is 6. The average molecular weight is 374 g/mol. The van der Waals surface area contributed by atoms with E-state index in [4.69, 9.17) is 9.15 Å². The summed E-state index contributed by atoms with van der Waals surface area (Å²) in [7, 11) is 0. The Balaban J connectivity index is 2.49. The molecule has 2 aromatic rings. The summed E-state index contributed by atoms with van der Waals surface area (Å²) < 4.78 is 10.3. The van der Waals surface area contributed by atoms with Crippen LogP contribution in [-0.4, -0.2) is 29.2 Å². The minimum absolute atomic E-state index is 0.0134. The van der Waals surface area contributed by atoms with Crippen LogP contribution in [-0.2, 0) is 4.74 Å². The van der Waals surface area contributed by atoms with Crippen molar-refractivity contribution in [2.45, 2.75) is 27.7 Å². The molecule has 1 aromatic carbocycles. The average Bonchev–Trinajstić information content (AvgIpc) is 2.91. The molecule has 142 valence electrons. The first-order chi connectivity index (χ1) is 12.7. The number of furan rings is 1. The number of aryl methyl sites for hydroxylation is 1. The molecule has 0 fully saturated rings. The quantitative estimate of drug-likeness (QED) is 0.355. The van der Waals surface area contributed by atoms with Crippen LogP contribution >= 0.6 is 0 Å². The normalized spacial score (nSPS) is 10.4. The zero-order chi connectivity index (χ0) is 20.3. The molecule has 1 N–H and O–H groups in total. The molecular weight excluding hydrogens is 356 g/mol. The van der Waals surface area contributed by atoms with Gasteiger partial charge >= 0.3 is 5.97 Å². The van der Waals surface area contributed by atoms with E-state index >= 15 is 0 Å². The monoisotopic (exact) mass is 374 g/mol. The molecule has 0 aliphatic rings. The van der Waals surface area contributed by atoms with Crippen molar-refractivity contribution in [1.29, 1.82) is 0 Å². The van der Waals surface area contributed by atoms with E-state index < -0.39 is 22.6 Å². The molecule has 0 saturated carbocycles. The highest BCUT2D eigenvalue weighted by atomic mass is 16.6. The number of nitro groups is 1. The highest BCUT2D eigenvalue weighted by Crippen LogP contribution is 2.30. The molecule has 9 heteroatoms. The van der Waals surface area contributed by atoms with Gasteiger partial charge in [-0.15, -0.1) is 0 Å². The van der Waals surface area contributed by atoms with E-state index in [2.05, 4.69) is 5.32 Å². The first-order valence-electron chi connectivity index (χ1n) is 8.05. The first kappa shape index (κ1) is 19.8. The highest BCUT2D eigenvalue weighted by molar-refractivity contribution is 6.13.